The molecule has 0 aliphatic rings. The van der Waals surface area contributed by atoms with E-state index in [2.05, 4.69) is 32.3 Å². The zero-order valence-corrected chi connectivity index (χ0v) is 23.5. The van der Waals surface area contributed by atoms with Crippen LogP contribution in [0.3, 0.4) is 0 Å². The van der Waals surface area contributed by atoms with Crippen LogP contribution in [0.5, 0.6) is 5.75 Å². The van der Waals surface area contributed by atoms with Crippen LogP contribution in [-0.4, -0.2) is 43.7 Å². The van der Waals surface area contributed by atoms with Crippen LogP contribution < -0.4 is 10.1 Å². The highest BCUT2D eigenvalue weighted by Gasteiger charge is 2.25. The second-order valence-electron chi connectivity index (χ2n) is 8.94. The lowest BCUT2D eigenvalue weighted by Crippen LogP contribution is -2.35. The number of hydrogen-bond acceptors (Lipinski definition) is 6. The van der Waals surface area contributed by atoms with Gasteiger partial charge in [-0.15, -0.1) is 11.8 Å². The van der Waals surface area contributed by atoms with E-state index in [1.165, 1.54) is 17.3 Å². The summed E-state index contributed by atoms with van der Waals surface area (Å²) in [5.41, 5.74) is 2.48. The molecule has 6 nitrogen and oxygen atoms in total. The van der Waals surface area contributed by atoms with E-state index in [0.717, 1.165) is 16.9 Å². The molecule has 0 aromatic heterocycles. The molecule has 0 saturated heterocycles. The molecule has 2 rings (SSSR count). The summed E-state index contributed by atoms with van der Waals surface area (Å²) in [6.45, 7) is 15.9. The lowest BCUT2D eigenvalue weighted by Gasteiger charge is -2.29. The highest BCUT2D eigenvalue weighted by Crippen LogP contribution is 2.35. The van der Waals surface area contributed by atoms with Gasteiger partial charge < -0.3 is 19.5 Å². The Balaban J connectivity index is 1.98. The second kappa shape index (κ2) is 14.7. The number of nitrogens with one attached hydrogen (secondary N) is 1. The second-order valence-corrected chi connectivity index (χ2v) is 10.5. The fourth-order valence-corrected chi connectivity index (χ4v) is 4.31. The first-order valence-corrected chi connectivity index (χ1v) is 13.5. The van der Waals surface area contributed by atoms with Gasteiger partial charge >= 0.3 is 12.1 Å². The Morgan fingerprint density at radius 3 is 2.30 bits per heavy atom. The van der Waals surface area contributed by atoms with Gasteiger partial charge in [-0.1, -0.05) is 56.3 Å². The van der Waals surface area contributed by atoms with Crippen molar-refractivity contribution in [2.24, 2.45) is 0 Å². The minimum Gasteiger partial charge on any atom is -0.490 e. The number of ether oxygens (including phenoxy) is 3. The third kappa shape index (κ3) is 9.82. The lowest BCUT2D eigenvalue weighted by molar-refractivity contribution is -0.138. The SMILES string of the molecule is C=C(C)C(=O)OCCNC(=O)OC(COc1ccc(C(C)(CC)C(=C)C)cc1)CSc1ccc(Cl)cc1. The van der Waals surface area contributed by atoms with Gasteiger partial charge in [0, 0.05) is 26.7 Å². The predicted molar refractivity (Wildman–Crippen MR) is 151 cm³/mol. The number of carbonyl (C=O) groups excluding carboxylic acids is 2. The van der Waals surface area contributed by atoms with Crippen molar-refractivity contribution in [1.82, 2.24) is 5.32 Å². The molecule has 0 saturated carbocycles. The number of rotatable bonds is 14. The van der Waals surface area contributed by atoms with E-state index < -0.39 is 18.2 Å². The van der Waals surface area contributed by atoms with Crippen molar-refractivity contribution in [3.8, 4) is 5.75 Å². The van der Waals surface area contributed by atoms with Crippen molar-refractivity contribution in [2.75, 3.05) is 25.5 Å². The van der Waals surface area contributed by atoms with Gasteiger partial charge in [-0.3, -0.25) is 0 Å². The topological polar surface area (TPSA) is 73.9 Å². The summed E-state index contributed by atoms with van der Waals surface area (Å²) in [4.78, 5) is 24.8. The number of esters is 1. The third-order valence-corrected chi connectivity index (χ3v) is 7.45. The van der Waals surface area contributed by atoms with Crippen molar-refractivity contribution in [3.05, 3.63) is 83.4 Å². The molecular formula is C29H36ClNO5S. The first-order chi connectivity index (χ1) is 17.5. The van der Waals surface area contributed by atoms with Gasteiger partial charge in [-0.25, -0.2) is 9.59 Å². The highest BCUT2D eigenvalue weighted by molar-refractivity contribution is 7.99. The van der Waals surface area contributed by atoms with Crippen molar-refractivity contribution in [3.63, 3.8) is 0 Å². The molecule has 0 aliphatic heterocycles. The van der Waals surface area contributed by atoms with Crippen molar-refractivity contribution in [1.29, 1.82) is 0 Å². The molecular weight excluding hydrogens is 510 g/mol. The Bertz CT molecular complexity index is 1070. The standard InChI is InChI=1S/C29H36ClNO5S/c1-7-29(6,21(4)5)22-8-12-24(13-9-22)35-18-25(19-37-26-14-10-23(30)11-15-26)36-28(33)31-16-17-34-27(32)20(2)3/h8-15,25H,2,4,7,16-19H2,1,3,5-6H3,(H,31,33). The molecule has 2 unspecified atom stereocenters. The Morgan fingerprint density at radius 2 is 1.73 bits per heavy atom. The number of amides is 1. The number of hydrogen-bond donors (Lipinski definition) is 1. The Hall–Kier alpha value is -2.90. The fraction of sp³-hybridized carbons (Fsp3) is 0.379. The van der Waals surface area contributed by atoms with Crippen LogP contribution in [0.2, 0.25) is 5.02 Å². The van der Waals surface area contributed by atoms with Gasteiger partial charge in [-0.05, 0) is 62.2 Å². The molecule has 200 valence electrons. The predicted octanol–water partition coefficient (Wildman–Crippen LogP) is 6.97. The van der Waals surface area contributed by atoms with Crippen LogP contribution in [0.4, 0.5) is 4.79 Å². The normalized spacial score (nSPS) is 13.1. The van der Waals surface area contributed by atoms with E-state index in [4.69, 9.17) is 25.8 Å². The summed E-state index contributed by atoms with van der Waals surface area (Å²) in [5, 5.41) is 3.25. The van der Waals surface area contributed by atoms with Gasteiger partial charge in [0.25, 0.3) is 0 Å². The molecule has 1 amide bonds. The minimum absolute atomic E-state index is 0.0225. The van der Waals surface area contributed by atoms with E-state index >= 15 is 0 Å². The number of thioether (sulfide) groups is 1. The molecule has 0 bridgehead atoms. The van der Waals surface area contributed by atoms with Gasteiger partial charge in [0.05, 0.1) is 6.54 Å². The monoisotopic (exact) mass is 545 g/mol. The molecule has 2 aromatic carbocycles. The van der Waals surface area contributed by atoms with Crippen LogP contribution >= 0.6 is 23.4 Å². The molecule has 0 aliphatic carbocycles. The van der Waals surface area contributed by atoms with Crippen LogP contribution in [0, 0.1) is 0 Å². The summed E-state index contributed by atoms with van der Waals surface area (Å²) in [7, 11) is 0. The number of halogens is 1. The maximum Gasteiger partial charge on any atom is 0.407 e. The minimum atomic E-state index is -0.618. The van der Waals surface area contributed by atoms with E-state index in [1.807, 2.05) is 55.5 Å². The van der Waals surface area contributed by atoms with Crippen LogP contribution in [-0.2, 0) is 19.7 Å². The quantitative estimate of drug-likeness (QED) is 0.0908. The summed E-state index contributed by atoms with van der Waals surface area (Å²) in [6, 6.07) is 15.4. The molecule has 8 heteroatoms. The molecule has 0 fully saturated rings. The van der Waals surface area contributed by atoms with Crippen LogP contribution in [0.25, 0.3) is 0 Å². The Kier molecular flexibility index (Phi) is 12.1. The Labute approximate surface area is 229 Å². The average Bonchev–Trinajstić information content (AvgIpc) is 2.88. The maximum absolute atomic E-state index is 12.4. The van der Waals surface area contributed by atoms with Gasteiger partial charge in [0.1, 0.15) is 25.1 Å². The molecule has 0 heterocycles. The first kappa shape index (κ1) is 30.3. The molecule has 2 atom stereocenters. The summed E-state index contributed by atoms with van der Waals surface area (Å²) in [6.07, 6.45) is -0.205. The average molecular weight is 546 g/mol. The summed E-state index contributed by atoms with van der Waals surface area (Å²) < 4.78 is 16.6. The van der Waals surface area contributed by atoms with Crippen LogP contribution in [0.15, 0.2) is 77.7 Å². The van der Waals surface area contributed by atoms with E-state index in [0.29, 0.717) is 22.1 Å². The third-order valence-electron chi connectivity index (χ3n) is 6.05. The van der Waals surface area contributed by atoms with E-state index in [9.17, 15) is 9.59 Å². The number of allylic oxidation sites excluding steroid dienone is 1. The molecule has 37 heavy (non-hydrogen) atoms. The number of carbonyl (C=O) groups is 2. The van der Waals surface area contributed by atoms with Crippen molar-refractivity contribution < 1.29 is 23.8 Å². The van der Waals surface area contributed by atoms with Crippen LogP contribution in [0.1, 0.15) is 39.7 Å². The first-order valence-electron chi connectivity index (χ1n) is 12.1. The largest absolute Gasteiger partial charge is 0.490 e. The van der Waals surface area contributed by atoms with E-state index in [-0.39, 0.29) is 25.2 Å². The van der Waals surface area contributed by atoms with Crippen molar-refractivity contribution in [2.45, 2.75) is 50.5 Å². The van der Waals surface area contributed by atoms with Crippen molar-refractivity contribution >= 4 is 35.4 Å². The molecule has 2 aromatic rings. The van der Waals surface area contributed by atoms with E-state index in [1.54, 1.807) is 6.92 Å². The zero-order chi connectivity index (χ0) is 27.4. The highest BCUT2D eigenvalue weighted by atomic mass is 35.5. The molecule has 1 N–H and O–H groups in total. The van der Waals surface area contributed by atoms with Gasteiger partial charge in [0.2, 0.25) is 0 Å². The number of benzene rings is 2. The maximum atomic E-state index is 12.4. The van der Waals surface area contributed by atoms with Gasteiger partial charge in [-0.2, -0.15) is 0 Å². The smallest absolute Gasteiger partial charge is 0.407 e. The summed E-state index contributed by atoms with van der Waals surface area (Å²) >= 11 is 7.51. The lowest BCUT2D eigenvalue weighted by atomic mass is 9.75. The fourth-order valence-electron chi connectivity index (χ4n) is 3.31. The number of alkyl carbamates (subject to hydrolysis) is 1. The molecule has 0 spiro atoms. The Morgan fingerprint density at radius 1 is 1.08 bits per heavy atom. The zero-order valence-electron chi connectivity index (χ0n) is 22.0. The molecule has 0 radical (unpaired) electrons. The summed E-state index contributed by atoms with van der Waals surface area (Å²) in [5.74, 6) is 0.650. The van der Waals surface area contributed by atoms with Gasteiger partial charge in [0.15, 0.2) is 0 Å².